The van der Waals surface area contributed by atoms with Crippen LogP contribution in [0.4, 0.5) is 0 Å². The van der Waals surface area contributed by atoms with Crippen LogP contribution in [0.15, 0.2) is 0 Å². The monoisotopic (exact) mass is 342 g/mol. The van der Waals surface area contributed by atoms with E-state index in [-0.39, 0.29) is 6.10 Å². The molecule has 0 bridgehead atoms. The third-order valence-corrected chi connectivity index (χ3v) is 4.74. The molecule has 0 N–H and O–H groups in total. The highest BCUT2D eigenvalue weighted by atomic mass is 16.6. The lowest BCUT2D eigenvalue weighted by molar-refractivity contribution is -0.176. The lowest BCUT2D eigenvalue weighted by atomic mass is 9.82. The molecule has 0 aromatic carbocycles. The van der Waals surface area contributed by atoms with E-state index in [2.05, 4.69) is 13.8 Å². The summed E-state index contributed by atoms with van der Waals surface area (Å²) in [6.07, 6.45) is 9.06. The molecule has 0 aliphatic rings. The van der Waals surface area contributed by atoms with Crippen molar-refractivity contribution in [2.45, 2.75) is 105 Å². The summed E-state index contributed by atoms with van der Waals surface area (Å²) in [6, 6.07) is 0. The molecule has 0 saturated carbocycles. The zero-order valence-corrected chi connectivity index (χ0v) is 16.5. The van der Waals surface area contributed by atoms with Crippen molar-refractivity contribution in [2.75, 3.05) is 6.61 Å². The van der Waals surface area contributed by atoms with Crippen LogP contribution in [0.3, 0.4) is 0 Å². The van der Waals surface area contributed by atoms with E-state index in [4.69, 9.17) is 9.47 Å². The summed E-state index contributed by atoms with van der Waals surface area (Å²) in [4.78, 5) is 25.1. The van der Waals surface area contributed by atoms with E-state index in [0.29, 0.717) is 19.4 Å². The Labute approximate surface area is 148 Å². The average Bonchev–Trinajstić information content (AvgIpc) is 2.57. The minimum atomic E-state index is -1.15. The fourth-order valence-corrected chi connectivity index (χ4v) is 2.78. The molecule has 0 fully saturated rings. The van der Waals surface area contributed by atoms with Crippen molar-refractivity contribution in [3.05, 3.63) is 0 Å². The SMILES string of the molecule is CCCCCCC(C)OC(=O)C(CC)(CC)C(=O)OCCCCC. The van der Waals surface area contributed by atoms with Gasteiger partial charge in [-0.15, -0.1) is 0 Å². The zero-order chi connectivity index (χ0) is 18.4. The molecule has 1 atom stereocenters. The maximum absolute atomic E-state index is 12.6. The molecule has 24 heavy (non-hydrogen) atoms. The Hall–Kier alpha value is -1.06. The summed E-state index contributed by atoms with van der Waals surface area (Å²) in [6.45, 7) is 10.3. The van der Waals surface area contributed by atoms with E-state index in [9.17, 15) is 9.59 Å². The maximum Gasteiger partial charge on any atom is 0.323 e. The Bertz CT molecular complexity index is 348. The lowest BCUT2D eigenvalue weighted by Gasteiger charge is -2.28. The van der Waals surface area contributed by atoms with Gasteiger partial charge in [-0.2, -0.15) is 0 Å². The van der Waals surface area contributed by atoms with Gasteiger partial charge in [0.15, 0.2) is 5.41 Å². The van der Waals surface area contributed by atoms with Gasteiger partial charge in [0.1, 0.15) is 0 Å². The van der Waals surface area contributed by atoms with Gasteiger partial charge in [0.2, 0.25) is 0 Å². The molecule has 0 amide bonds. The zero-order valence-electron chi connectivity index (χ0n) is 16.5. The van der Waals surface area contributed by atoms with Crippen LogP contribution >= 0.6 is 0 Å². The number of carbonyl (C=O) groups excluding carboxylic acids is 2. The molecule has 0 aliphatic carbocycles. The first kappa shape index (κ1) is 22.9. The first-order valence-electron chi connectivity index (χ1n) is 9.86. The number of hydrogen-bond acceptors (Lipinski definition) is 4. The molecular formula is C20H38O4. The molecule has 0 aliphatic heterocycles. The molecule has 4 nitrogen and oxygen atoms in total. The number of rotatable bonds is 14. The Balaban J connectivity index is 4.58. The number of carbonyl (C=O) groups is 2. The predicted molar refractivity (Wildman–Crippen MR) is 97.8 cm³/mol. The van der Waals surface area contributed by atoms with Crippen LogP contribution in [-0.2, 0) is 19.1 Å². The Kier molecular flexibility index (Phi) is 12.7. The second-order valence-electron chi connectivity index (χ2n) is 6.70. The van der Waals surface area contributed by atoms with Gasteiger partial charge >= 0.3 is 11.9 Å². The molecular weight excluding hydrogens is 304 g/mol. The molecule has 4 heteroatoms. The van der Waals surface area contributed by atoms with Crippen LogP contribution in [0.25, 0.3) is 0 Å². The second-order valence-corrected chi connectivity index (χ2v) is 6.70. The Morgan fingerprint density at radius 3 is 1.96 bits per heavy atom. The molecule has 0 aromatic heterocycles. The minimum absolute atomic E-state index is 0.153. The molecule has 0 radical (unpaired) electrons. The third-order valence-electron chi connectivity index (χ3n) is 4.74. The van der Waals surface area contributed by atoms with Crippen LogP contribution in [0, 0.1) is 5.41 Å². The summed E-state index contributed by atoms with van der Waals surface area (Å²) in [7, 11) is 0. The highest BCUT2D eigenvalue weighted by molar-refractivity contribution is 6.00. The second kappa shape index (κ2) is 13.3. The third kappa shape index (κ3) is 7.67. The topological polar surface area (TPSA) is 52.6 Å². The van der Waals surface area contributed by atoms with Gasteiger partial charge in [-0.05, 0) is 39.0 Å². The molecule has 0 rings (SSSR count). The van der Waals surface area contributed by atoms with E-state index in [1.165, 1.54) is 12.8 Å². The van der Waals surface area contributed by atoms with Crippen molar-refractivity contribution in [3.63, 3.8) is 0 Å². The lowest BCUT2D eigenvalue weighted by Crippen LogP contribution is -2.42. The van der Waals surface area contributed by atoms with Gasteiger partial charge < -0.3 is 9.47 Å². The molecule has 0 saturated heterocycles. The quantitative estimate of drug-likeness (QED) is 0.240. The standard InChI is InChI=1S/C20H38O4/c1-6-10-12-13-15-17(5)24-19(22)20(8-3,9-4)18(21)23-16-14-11-7-2/h17H,6-16H2,1-5H3. The summed E-state index contributed by atoms with van der Waals surface area (Å²) in [5, 5.41) is 0. The van der Waals surface area contributed by atoms with Crippen molar-refractivity contribution in [3.8, 4) is 0 Å². The predicted octanol–water partition coefficient (Wildman–Crippen LogP) is 5.43. The summed E-state index contributed by atoms with van der Waals surface area (Å²) in [5.74, 6) is -0.845. The van der Waals surface area contributed by atoms with E-state index < -0.39 is 17.4 Å². The van der Waals surface area contributed by atoms with Gasteiger partial charge in [-0.25, -0.2) is 0 Å². The number of ether oxygens (including phenoxy) is 2. The summed E-state index contributed by atoms with van der Waals surface area (Å²) >= 11 is 0. The largest absolute Gasteiger partial charge is 0.465 e. The van der Waals surface area contributed by atoms with Crippen LogP contribution in [0.5, 0.6) is 0 Å². The Morgan fingerprint density at radius 1 is 0.833 bits per heavy atom. The fourth-order valence-electron chi connectivity index (χ4n) is 2.78. The van der Waals surface area contributed by atoms with E-state index >= 15 is 0 Å². The maximum atomic E-state index is 12.6. The van der Waals surface area contributed by atoms with Crippen LogP contribution in [0.2, 0.25) is 0 Å². The smallest absolute Gasteiger partial charge is 0.323 e. The van der Waals surface area contributed by atoms with Crippen LogP contribution in [-0.4, -0.2) is 24.6 Å². The van der Waals surface area contributed by atoms with Crippen LogP contribution in [0.1, 0.15) is 98.8 Å². The van der Waals surface area contributed by atoms with Gasteiger partial charge in [-0.3, -0.25) is 9.59 Å². The van der Waals surface area contributed by atoms with Gasteiger partial charge in [0.25, 0.3) is 0 Å². The number of esters is 2. The molecule has 142 valence electrons. The van der Waals surface area contributed by atoms with Crippen molar-refractivity contribution in [1.82, 2.24) is 0 Å². The summed E-state index contributed by atoms with van der Waals surface area (Å²) in [5.41, 5.74) is -1.15. The molecule has 0 aromatic rings. The molecule has 0 heterocycles. The first-order chi connectivity index (χ1) is 11.5. The van der Waals surface area contributed by atoms with Crippen molar-refractivity contribution < 1.29 is 19.1 Å². The van der Waals surface area contributed by atoms with Gasteiger partial charge in [0, 0.05) is 0 Å². The minimum Gasteiger partial charge on any atom is -0.465 e. The first-order valence-corrected chi connectivity index (χ1v) is 9.86. The van der Waals surface area contributed by atoms with E-state index in [1.54, 1.807) is 0 Å². The molecule has 1 unspecified atom stereocenters. The fraction of sp³-hybridized carbons (Fsp3) is 0.900. The average molecular weight is 343 g/mol. The van der Waals surface area contributed by atoms with Crippen molar-refractivity contribution in [2.24, 2.45) is 5.41 Å². The van der Waals surface area contributed by atoms with E-state index in [0.717, 1.165) is 38.5 Å². The number of unbranched alkanes of at least 4 members (excludes halogenated alkanes) is 5. The highest BCUT2D eigenvalue weighted by Gasteiger charge is 2.46. The van der Waals surface area contributed by atoms with Gasteiger partial charge in [0.05, 0.1) is 12.7 Å². The Morgan fingerprint density at radius 2 is 1.42 bits per heavy atom. The normalized spacial score (nSPS) is 12.7. The van der Waals surface area contributed by atoms with Gasteiger partial charge in [-0.1, -0.05) is 59.8 Å². The highest BCUT2D eigenvalue weighted by Crippen LogP contribution is 2.31. The summed E-state index contributed by atoms with van der Waals surface area (Å²) < 4.78 is 11.0. The van der Waals surface area contributed by atoms with E-state index in [1.807, 2.05) is 20.8 Å². The molecule has 0 spiro atoms. The van der Waals surface area contributed by atoms with Crippen LogP contribution < -0.4 is 0 Å². The number of hydrogen-bond donors (Lipinski definition) is 0. The van der Waals surface area contributed by atoms with Crippen molar-refractivity contribution in [1.29, 1.82) is 0 Å². The van der Waals surface area contributed by atoms with Crippen molar-refractivity contribution >= 4 is 11.9 Å².